The van der Waals surface area contributed by atoms with Crippen molar-refractivity contribution in [3.8, 4) is 0 Å². The maximum Gasteiger partial charge on any atom is 0.0522 e. The summed E-state index contributed by atoms with van der Waals surface area (Å²) in [6.45, 7) is 3.14. The standard InChI is InChI=1S/C8H13ClN2/c1-2-5-11-7-8(3-4-9)6-10-11/h6-7H,2-5H2,1H3. The van der Waals surface area contributed by atoms with Gasteiger partial charge < -0.3 is 0 Å². The second-order valence-corrected chi connectivity index (χ2v) is 2.93. The third-order valence-electron chi connectivity index (χ3n) is 1.52. The molecule has 0 N–H and O–H groups in total. The molecule has 0 aliphatic carbocycles. The Hall–Kier alpha value is -0.500. The zero-order valence-electron chi connectivity index (χ0n) is 6.76. The molecule has 0 bridgehead atoms. The van der Waals surface area contributed by atoms with Gasteiger partial charge in [0.25, 0.3) is 0 Å². The summed E-state index contributed by atoms with van der Waals surface area (Å²) in [5, 5.41) is 4.18. The minimum Gasteiger partial charge on any atom is -0.272 e. The molecular weight excluding hydrogens is 160 g/mol. The molecule has 62 valence electrons. The van der Waals surface area contributed by atoms with E-state index >= 15 is 0 Å². The van der Waals surface area contributed by atoms with Crippen molar-refractivity contribution in [1.29, 1.82) is 0 Å². The van der Waals surface area contributed by atoms with Crippen molar-refractivity contribution in [2.75, 3.05) is 5.88 Å². The predicted molar refractivity (Wildman–Crippen MR) is 46.9 cm³/mol. The van der Waals surface area contributed by atoms with Gasteiger partial charge in [-0.15, -0.1) is 11.6 Å². The van der Waals surface area contributed by atoms with E-state index in [0.29, 0.717) is 5.88 Å². The summed E-state index contributed by atoms with van der Waals surface area (Å²) in [6, 6.07) is 0. The molecular formula is C8H13ClN2. The van der Waals surface area contributed by atoms with Gasteiger partial charge in [-0.25, -0.2) is 0 Å². The fourth-order valence-electron chi connectivity index (χ4n) is 0.996. The molecule has 0 amide bonds. The molecule has 1 aromatic rings. The van der Waals surface area contributed by atoms with E-state index in [4.69, 9.17) is 11.6 Å². The van der Waals surface area contributed by atoms with E-state index in [1.165, 1.54) is 5.56 Å². The van der Waals surface area contributed by atoms with E-state index in [2.05, 4.69) is 18.2 Å². The lowest BCUT2D eigenvalue weighted by Gasteiger charge is -1.94. The smallest absolute Gasteiger partial charge is 0.0522 e. The summed E-state index contributed by atoms with van der Waals surface area (Å²) < 4.78 is 1.96. The van der Waals surface area contributed by atoms with Gasteiger partial charge in [-0.3, -0.25) is 4.68 Å². The quantitative estimate of drug-likeness (QED) is 0.636. The average Bonchev–Trinajstić information content (AvgIpc) is 2.38. The Morgan fingerprint density at radius 1 is 1.64 bits per heavy atom. The van der Waals surface area contributed by atoms with Crippen LogP contribution in [0.2, 0.25) is 0 Å². The lowest BCUT2D eigenvalue weighted by Crippen LogP contribution is -1.95. The lowest BCUT2D eigenvalue weighted by atomic mass is 10.3. The molecule has 0 atom stereocenters. The van der Waals surface area contributed by atoms with E-state index in [1.54, 1.807) is 0 Å². The Kier molecular flexibility index (Phi) is 3.43. The summed E-state index contributed by atoms with van der Waals surface area (Å²) in [5.41, 5.74) is 1.23. The first-order valence-corrected chi connectivity index (χ1v) is 4.47. The molecule has 1 heterocycles. The summed E-state index contributed by atoms with van der Waals surface area (Å²) >= 11 is 5.59. The van der Waals surface area contributed by atoms with Crippen LogP contribution in [0.4, 0.5) is 0 Å². The van der Waals surface area contributed by atoms with Gasteiger partial charge in [0.05, 0.1) is 6.20 Å². The molecule has 2 nitrogen and oxygen atoms in total. The molecule has 0 fully saturated rings. The summed E-state index contributed by atoms with van der Waals surface area (Å²) in [7, 11) is 0. The van der Waals surface area contributed by atoms with Crippen LogP contribution in [-0.2, 0) is 13.0 Å². The molecule has 0 saturated heterocycles. The van der Waals surface area contributed by atoms with E-state index in [9.17, 15) is 0 Å². The van der Waals surface area contributed by atoms with Crippen LogP contribution in [0.15, 0.2) is 12.4 Å². The Labute approximate surface area is 72.2 Å². The highest BCUT2D eigenvalue weighted by Gasteiger charge is 1.95. The highest BCUT2D eigenvalue weighted by atomic mass is 35.5. The Bertz CT molecular complexity index is 187. The zero-order chi connectivity index (χ0) is 8.10. The fraction of sp³-hybridized carbons (Fsp3) is 0.625. The van der Waals surface area contributed by atoms with Crippen molar-refractivity contribution in [1.82, 2.24) is 9.78 Å². The molecule has 1 rings (SSSR count). The molecule has 3 heteroatoms. The van der Waals surface area contributed by atoms with E-state index in [-0.39, 0.29) is 0 Å². The van der Waals surface area contributed by atoms with Gasteiger partial charge >= 0.3 is 0 Å². The Morgan fingerprint density at radius 3 is 3.09 bits per heavy atom. The maximum absolute atomic E-state index is 5.59. The van der Waals surface area contributed by atoms with Gasteiger partial charge in [-0.05, 0) is 18.4 Å². The van der Waals surface area contributed by atoms with Crippen molar-refractivity contribution in [3.63, 3.8) is 0 Å². The monoisotopic (exact) mass is 172 g/mol. The van der Waals surface area contributed by atoms with Crippen LogP contribution in [0.25, 0.3) is 0 Å². The number of alkyl halides is 1. The van der Waals surface area contributed by atoms with E-state index in [1.807, 2.05) is 10.9 Å². The van der Waals surface area contributed by atoms with Crippen LogP contribution in [-0.4, -0.2) is 15.7 Å². The van der Waals surface area contributed by atoms with Gasteiger partial charge in [0.1, 0.15) is 0 Å². The number of hydrogen-bond acceptors (Lipinski definition) is 1. The van der Waals surface area contributed by atoms with Crippen LogP contribution in [0, 0.1) is 0 Å². The molecule has 0 radical (unpaired) electrons. The first kappa shape index (κ1) is 8.60. The molecule has 0 spiro atoms. The number of aromatic nitrogens is 2. The average molecular weight is 173 g/mol. The third kappa shape index (κ3) is 2.54. The van der Waals surface area contributed by atoms with Gasteiger partial charge in [-0.1, -0.05) is 6.92 Å². The number of hydrogen-bond donors (Lipinski definition) is 0. The topological polar surface area (TPSA) is 17.8 Å². The highest BCUT2D eigenvalue weighted by Crippen LogP contribution is 2.00. The molecule has 0 aromatic carbocycles. The molecule has 0 unspecified atom stereocenters. The van der Waals surface area contributed by atoms with Crippen LogP contribution in [0.3, 0.4) is 0 Å². The molecule has 0 aliphatic rings. The van der Waals surface area contributed by atoms with Gasteiger partial charge in [0.15, 0.2) is 0 Å². The Balaban J connectivity index is 2.51. The Morgan fingerprint density at radius 2 is 2.45 bits per heavy atom. The van der Waals surface area contributed by atoms with Crippen LogP contribution < -0.4 is 0 Å². The van der Waals surface area contributed by atoms with Crippen molar-refractivity contribution < 1.29 is 0 Å². The largest absolute Gasteiger partial charge is 0.272 e. The number of nitrogens with zero attached hydrogens (tertiary/aromatic N) is 2. The minimum atomic E-state index is 0.678. The van der Waals surface area contributed by atoms with Gasteiger partial charge in [0, 0.05) is 18.6 Å². The number of rotatable bonds is 4. The lowest BCUT2D eigenvalue weighted by molar-refractivity contribution is 0.602. The highest BCUT2D eigenvalue weighted by molar-refractivity contribution is 6.17. The van der Waals surface area contributed by atoms with E-state index in [0.717, 1.165) is 19.4 Å². The van der Waals surface area contributed by atoms with Crippen LogP contribution in [0.1, 0.15) is 18.9 Å². The summed E-state index contributed by atoms with van der Waals surface area (Å²) in [4.78, 5) is 0. The van der Waals surface area contributed by atoms with Crippen LogP contribution >= 0.6 is 11.6 Å². The van der Waals surface area contributed by atoms with Gasteiger partial charge in [0.2, 0.25) is 0 Å². The molecule has 11 heavy (non-hydrogen) atoms. The zero-order valence-corrected chi connectivity index (χ0v) is 7.51. The first-order chi connectivity index (χ1) is 5.36. The van der Waals surface area contributed by atoms with E-state index < -0.39 is 0 Å². The fourth-order valence-corrected chi connectivity index (χ4v) is 1.21. The minimum absolute atomic E-state index is 0.678. The molecule has 0 aliphatic heterocycles. The second-order valence-electron chi connectivity index (χ2n) is 2.55. The normalized spacial score (nSPS) is 10.4. The van der Waals surface area contributed by atoms with Crippen molar-refractivity contribution in [2.45, 2.75) is 26.3 Å². The van der Waals surface area contributed by atoms with Crippen molar-refractivity contribution >= 4 is 11.6 Å². The molecule has 0 saturated carbocycles. The van der Waals surface area contributed by atoms with Crippen molar-refractivity contribution in [3.05, 3.63) is 18.0 Å². The number of aryl methyl sites for hydroxylation is 2. The number of halogens is 1. The summed E-state index contributed by atoms with van der Waals surface area (Å²) in [5.74, 6) is 0.678. The first-order valence-electron chi connectivity index (χ1n) is 3.94. The van der Waals surface area contributed by atoms with Gasteiger partial charge in [-0.2, -0.15) is 5.10 Å². The van der Waals surface area contributed by atoms with Crippen molar-refractivity contribution in [2.24, 2.45) is 0 Å². The van der Waals surface area contributed by atoms with Crippen LogP contribution in [0.5, 0.6) is 0 Å². The third-order valence-corrected chi connectivity index (χ3v) is 1.71. The molecule has 1 aromatic heterocycles. The maximum atomic E-state index is 5.59. The summed E-state index contributed by atoms with van der Waals surface area (Å²) in [6.07, 6.45) is 6.00. The second kappa shape index (κ2) is 4.39. The predicted octanol–water partition coefficient (Wildman–Crippen LogP) is 2.07. The SMILES string of the molecule is CCCn1cc(CCCl)cn1.